The summed E-state index contributed by atoms with van der Waals surface area (Å²) >= 11 is 0. The molecule has 1 aromatic carbocycles. The van der Waals surface area contributed by atoms with Crippen LogP contribution in [0.25, 0.3) is 22.4 Å². The number of nitrogens with two attached hydrogens (primary N) is 1. The molecule has 3 rings (SSSR count). The number of benzene rings is 1. The molecule has 0 atom stereocenters. The molecule has 0 radical (unpaired) electrons. The van der Waals surface area contributed by atoms with E-state index in [4.69, 9.17) is 10.3 Å². The van der Waals surface area contributed by atoms with Gasteiger partial charge in [-0.05, 0) is 19.4 Å². The summed E-state index contributed by atoms with van der Waals surface area (Å²) in [4.78, 5) is 15.2. The number of hydrogen-bond donors (Lipinski definition) is 2. The molecule has 3 N–H and O–H groups in total. The lowest BCUT2D eigenvalue weighted by atomic mass is 10.0. The monoisotopic (exact) mass is 281 g/mol. The Morgan fingerprint density at radius 2 is 1.90 bits per heavy atom. The second kappa shape index (κ2) is 4.94. The van der Waals surface area contributed by atoms with Crippen molar-refractivity contribution in [1.29, 1.82) is 0 Å². The molecule has 21 heavy (non-hydrogen) atoms. The molecule has 0 aliphatic carbocycles. The van der Waals surface area contributed by atoms with Crippen LogP contribution in [0.1, 0.15) is 11.3 Å². The van der Waals surface area contributed by atoms with E-state index < -0.39 is 0 Å². The summed E-state index contributed by atoms with van der Waals surface area (Å²) in [6, 6.07) is 9.35. The van der Waals surface area contributed by atoms with E-state index in [0.717, 1.165) is 16.8 Å². The quantitative estimate of drug-likeness (QED) is 0.756. The van der Waals surface area contributed by atoms with E-state index in [-0.39, 0.29) is 11.3 Å². The van der Waals surface area contributed by atoms with Crippen LogP contribution < -0.4 is 11.2 Å². The van der Waals surface area contributed by atoms with Gasteiger partial charge >= 0.3 is 0 Å². The Hall–Kier alpha value is -2.82. The van der Waals surface area contributed by atoms with Crippen molar-refractivity contribution in [2.24, 2.45) is 0 Å². The predicted molar refractivity (Wildman–Crippen MR) is 81.9 cm³/mol. The number of anilines is 1. The molecule has 5 nitrogen and oxygen atoms in total. The first kappa shape index (κ1) is 13.2. The van der Waals surface area contributed by atoms with Crippen LogP contribution in [0.3, 0.4) is 0 Å². The molecular formula is C16H15N3O2. The van der Waals surface area contributed by atoms with Gasteiger partial charge in [-0.3, -0.25) is 4.79 Å². The van der Waals surface area contributed by atoms with Gasteiger partial charge in [0.25, 0.3) is 0 Å². The number of H-pyrrole nitrogens is 1. The molecule has 0 aliphatic rings. The maximum atomic E-state index is 12.1. The number of hydrogen-bond acceptors (Lipinski definition) is 4. The number of nitrogens with one attached hydrogen (secondary N) is 1. The van der Waals surface area contributed by atoms with Crippen molar-refractivity contribution in [2.75, 3.05) is 5.73 Å². The van der Waals surface area contributed by atoms with Crippen molar-refractivity contribution in [3.8, 4) is 22.4 Å². The smallest absolute Gasteiger partial charge is 0.230 e. The van der Waals surface area contributed by atoms with Gasteiger partial charge in [0.2, 0.25) is 5.88 Å². The molecule has 2 heterocycles. The summed E-state index contributed by atoms with van der Waals surface area (Å²) < 4.78 is 5.09. The van der Waals surface area contributed by atoms with Crippen LogP contribution in [0.15, 0.2) is 45.8 Å². The minimum absolute atomic E-state index is 0.118. The van der Waals surface area contributed by atoms with Gasteiger partial charge in [0.15, 0.2) is 5.43 Å². The van der Waals surface area contributed by atoms with Crippen LogP contribution >= 0.6 is 0 Å². The summed E-state index contributed by atoms with van der Waals surface area (Å²) in [5, 5.41) is 3.96. The molecule has 0 amide bonds. The van der Waals surface area contributed by atoms with Crippen molar-refractivity contribution in [2.45, 2.75) is 13.8 Å². The Morgan fingerprint density at radius 3 is 2.57 bits per heavy atom. The number of nitrogens with zero attached hydrogens (tertiary/aromatic N) is 1. The van der Waals surface area contributed by atoms with Gasteiger partial charge in [0.05, 0.1) is 11.1 Å². The van der Waals surface area contributed by atoms with Crippen molar-refractivity contribution >= 4 is 5.88 Å². The van der Waals surface area contributed by atoms with E-state index >= 15 is 0 Å². The summed E-state index contributed by atoms with van der Waals surface area (Å²) in [5.41, 5.74) is 10.1. The van der Waals surface area contributed by atoms with Gasteiger partial charge in [-0.1, -0.05) is 35.0 Å². The molecule has 0 unspecified atom stereocenters. The van der Waals surface area contributed by atoms with Crippen LogP contribution in [0, 0.1) is 13.8 Å². The average molecular weight is 281 g/mol. The van der Waals surface area contributed by atoms with Crippen molar-refractivity contribution in [3.05, 3.63) is 58.0 Å². The first-order chi connectivity index (χ1) is 10.1. The third kappa shape index (κ3) is 2.33. The topological polar surface area (TPSA) is 84.9 Å². The summed E-state index contributed by atoms with van der Waals surface area (Å²) in [6.07, 6.45) is 1.63. The largest absolute Gasteiger partial charge is 0.367 e. The van der Waals surface area contributed by atoms with Gasteiger partial charge in [-0.25, -0.2) is 0 Å². The number of aromatic amines is 1. The second-order valence-corrected chi connectivity index (χ2v) is 5.03. The molecule has 0 bridgehead atoms. The van der Waals surface area contributed by atoms with Crippen LogP contribution in [-0.4, -0.2) is 10.1 Å². The molecule has 0 saturated heterocycles. The van der Waals surface area contributed by atoms with E-state index in [1.54, 1.807) is 6.20 Å². The van der Waals surface area contributed by atoms with Gasteiger partial charge in [-0.15, -0.1) is 0 Å². The summed E-state index contributed by atoms with van der Waals surface area (Å²) in [5.74, 6) is 0.203. The van der Waals surface area contributed by atoms with E-state index in [2.05, 4.69) is 10.1 Å². The Labute approximate surface area is 121 Å². The van der Waals surface area contributed by atoms with E-state index in [1.807, 2.05) is 38.1 Å². The van der Waals surface area contributed by atoms with Crippen molar-refractivity contribution in [1.82, 2.24) is 10.1 Å². The van der Waals surface area contributed by atoms with Crippen LogP contribution in [0.4, 0.5) is 5.88 Å². The fourth-order valence-electron chi connectivity index (χ4n) is 2.24. The zero-order valence-electron chi connectivity index (χ0n) is 11.8. The van der Waals surface area contributed by atoms with Crippen LogP contribution in [0.2, 0.25) is 0 Å². The number of nitrogen functional groups attached to an aromatic ring is 1. The normalized spacial score (nSPS) is 10.8. The highest BCUT2D eigenvalue weighted by atomic mass is 16.5. The van der Waals surface area contributed by atoms with Gasteiger partial charge in [0.1, 0.15) is 5.69 Å². The lowest BCUT2D eigenvalue weighted by molar-refractivity contribution is 0.439. The lowest BCUT2D eigenvalue weighted by Crippen LogP contribution is -2.06. The fourth-order valence-corrected chi connectivity index (χ4v) is 2.24. The first-order valence-electron chi connectivity index (χ1n) is 6.58. The molecule has 106 valence electrons. The number of rotatable bonds is 2. The summed E-state index contributed by atoms with van der Waals surface area (Å²) in [7, 11) is 0. The molecule has 5 heteroatoms. The highest BCUT2D eigenvalue weighted by Gasteiger charge is 2.19. The Balaban J connectivity index is 2.21. The Morgan fingerprint density at radius 1 is 1.19 bits per heavy atom. The SMILES string of the molecule is Cc1ccc(-c2c(-c3c[nH]c(C)cc3=O)noc2N)cc1. The molecule has 0 spiro atoms. The van der Waals surface area contributed by atoms with E-state index in [9.17, 15) is 4.79 Å². The van der Waals surface area contributed by atoms with E-state index in [1.165, 1.54) is 6.07 Å². The first-order valence-corrected chi connectivity index (χ1v) is 6.58. The third-order valence-electron chi connectivity index (χ3n) is 3.37. The predicted octanol–water partition coefficient (Wildman–Crippen LogP) is 2.90. The zero-order chi connectivity index (χ0) is 15.0. The second-order valence-electron chi connectivity index (χ2n) is 5.03. The Bertz CT molecular complexity index is 845. The van der Waals surface area contributed by atoms with Gasteiger partial charge in [-0.2, -0.15) is 0 Å². The Kier molecular flexibility index (Phi) is 3.10. The van der Waals surface area contributed by atoms with Crippen molar-refractivity contribution in [3.63, 3.8) is 0 Å². The van der Waals surface area contributed by atoms with Gasteiger partial charge in [0, 0.05) is 18.0 Å². The number of aryl methyl sites for hydroxylation is 2. The summed E-state index contributed by atoms with van der Waals surface area (Å²) in [6.45, 7) is 3.83. The number of aromatic nitrogens is 2. The standard InChI is InChI=1S/C16H15N3O2/c1-9-3-5-11(6-4-9)14-15(19-21-16(14)17)12-8-18-10(2)7-13(12)20/h3-8H,17H2,1-2H3,(H,18,20). The lowest BCUT2D eigenvalue weighted by Gasteiger charge is -2.03. The molecular weight excluding hydrogens is 266 g/mol. The fraction of sp³-hybridized carbons (Fsp3) is 0.125. The zero-order valence-corrected chi connectivity index (χ0v) is 11.8. The van der Waals surface area contributed by atoms with E-state index in [0.29, 0.717) is 16.8 Å². The number of pyridine rings is 1. The minimum Gasteiger partial charge on any atom is -0.367 e. The molecule has 2 aromatic heterocycles. The highest BCUT2D eigenvalue weighted by Crippen LogP contribution is 2.34. The van der Waals surface area contributed by atoms with Gasteiger partial charge < -0.3 is 15.2 Å². The molecule has 0 fully saturated rings. The molecule has 0 saturated carbocycles. The highest BCUT2D eigenvalue weighted by molar-refractivity contribution is 5.86. The van der Waals surface area contributed by atoms with Crippen molar-refractivity contribution < 1.29 is 4.52 Å². The minimum atomic E-state index is -0.118. The maximum absolute atomic E-state index is 12.1. The maximum Gasteiger partial charge on any atom is 0.230 e. The third-order valence-corrected chi connectivity index (χ3v) is 3.37. The van der Waals surface area contributed by atoms with Crippen LogP contribution in [-0.2, 0) is 0 Å². The average Bonchev–Trinajstić information content (AvgIpc) is 2.82. The molecule has 3 aromatic rings. The molecule has 0 aliphatic heterocycles. The van der Waals surface area contributed by atoms with Crippen LogP contribution in [0.5, 0.6) is 0 Å².